The molecule has 0 atom stereocenters. The van der Waals surface area contributed by atoms with Crippen molar-refractivity contribution in [3.63, 3.8) is 0 Å². The molecule has 0 N–H and O–H groups in total. The summed E-state index contributed by atoms with van der Waals surface area (Å²) in [7, 11) is 1.65. The second-order valence-electron chi connectivity index (χ2n) is 7.95. The van der Waals surface area contributed by atoms with Gasteiger partial charge >= 0.3 is 0 Å². The molecule has 2 heterocycles. The maximum atomic E-state index is 13.7. The fourth-order valence-electron chi connectivity index (χ4n) is 3.82. The Balaban J connectivity index is 1.81. The van der Waals surface area contributed by atoms with Gasteiger partial charge in [0, 0.05) is 12.3 Å². The van der Waals surface area contributed by atoms with Crippen LogP contribution in [0.25, 0.3) is 11.0 Å². The van der Waals surface area contributed by atoms with Crippen molar-refractivity contribution in [2.24, 2.45) is 0 Å². The first-order valence-electron chi connectivity index (χ1n) is 10.7. The molecule has 0 radical (unpaired) electrons. The zero-order valence-corrected chi connectivity index (χ0v) is 20.0. The fourth-order valence-corrected chi connectivity index (χ4v) is 4.87. The molecule has 0 unspecified atom stereocenters. The lowest BCUT2D eigenvalue weighted by Gasteiger charge is -2.14. The fraction of sp³-hybridized carbons (Fsp3) is 0.320. The predicted octanol–water partition coefficient (Wildman–Crippen LogP) is 4.89. The molecule has 4 aromatic rings. The van der Waals surface area contributed by atoms with E-state index < -0.39 is 0 Å². The summed E-state index contributed by atoms with van der Waals surface area (Å²) in [6, 6.07) is 14.3. The van der Waals surface area contributed by atoms with Crippen molar-refractivity contribution in [1.82, 2.24) is 19.3 Å². The van der Waals surface area contributed by atoms with Crippen LogP contribution < -0.4 is 10.3 Å². The second-order valence-corrected chi connectivity index (χ2v) is 8.90. The number of thioether (sulfide) groups is 1. The van der Waals surface area contributed by atoms with Crippen molar-refractivity contribution in [3.05, 3.63) is 80.8 Å². The number of fused-ring (bicyclic) bond motifs is 1. The van der Waals surface area contributed by atoms with Crippen molar-refractivity contribution >= 4 is 22.8 Å². The summed E-state index contributed by atoms with van der Waals surface area (Å²) in [6.07, 6.45) is 0. The molecule has 2 aromatic carbocycles. The lowest BCUT2D eigenvalue weighted by Crippen LogP contribution is -2.25. The molecule has 0 aliphatic carbocycles. The van der Waals surface area contributed by atoms with E-state index in [-0.39, 0.29) is 5.56 Å². The minimum Gasteiger partial charge on any atom is -0.497 e. The number of aryl methyl sites for hydroxylation is 4. The Morgan fingerprint density at radius 3 is 2.66 bits per heavy atom. The molecule has 0 aliphatic heterocycles. The van der Waals surface area contributed by atoms with Crippen molar-refractivity contribution in [2.75, 3.05) is 7.11 Å². The van der Waals surface area contributed by atoms with E-state index in [2.05, 4.69) is 37.1 Å². The Bertz CT molecular complexity index is 1340. The average Bonchev–Trinajstić information content (AvgIpc) is 3.12. The highest BCUT2D eigenvalue weighted by atomic mass is 32.2. The van der Waals surface area contributed by atoms with E-state index in [1.54, 1.807) is 28.1 Å². The first-order chi connectivity index (χ1) is 15.4. The van der Waals surface area contributed by atoms with Gasteiger partial charge in [-0.3, -0.25) is 14.0 Å². The number of hydrogen-bond acceptors (Lipinski definition) is 5. The van der Waals surface area contributed by atoms with Crippen LogP contribution >= 0.6 is 11.8 Å². The lowest BCUT2D eigenvalue weighted by atomic mass is 10.1. The van der Waals surface area contributed by atoms with Crippen LogP contribution in [-0.2, 0) is 18.8 Å². The van der Waals surface area contributed by atoms with Gasteiger partial charge in [0.25, 0.3) is 5.56 Å². The zero-order valence-electron chi connectivity index (χ0n) is 19.2. The largest absolute Gasteiger partial charge is 0.497 e. The van der Waals surface area contributed by atoms with Crippen LogP contribution in [0, 0.1) is 20.8 Å². The van der Waals surface area contributed by atoms with Crippen molar-refractivity contribution in [1.29, 1.82) is 0 Å². The molecule has 32 heavy (non-hydrogen) atoms. The molecule has 2 aromatic heterocycles. The Kier molecular flexibility index (Phi) is 6.37. The van der Waals surface area contributed by atoms with E-state index in [0.717, 1.165) is 22.8 Å². The molecule has 6 nitrogen and oxygen atoms in total. The monoisotopic (exact) mass is 448 g/mol. The minimum atomic E-state index is -0.0660. The van der Waals surface area contributed by atoms with Crippen molar-refractivity contribution < 1.29 is 4.74 Å². The number of nitrogens with zero attached hydrogens (tertiary/aromatic N) is 4. The third kappa shape index (κ3) is 4.30. The van der Waals surface area contributed by atoms with Crippen molar-refractivity contribution in [3.8, 4) is 5.75 Å². The number of ether oxygens (including phenoxy) is 1. The molecule has 4 rings (SSSR count). The van der Waals surface area contributed by atoms with Crippen molar-refractivity contribution in [2.45, 2.75) is 51.7 Å². The summed E-state index contributed by atoms with van der Waals surface area (Å²) < 4.78 is 8.89. The molecule has 7 heteroatoms. The number of methoxy groups -OCH3 is 1. The van der Waals surface area contributed by atoms with E-state index >= 15 is 0 Å². The Hall–Kier alpha value is -3.06. The van der Waals surface area contributed by atoms with Gasteiger partial charge in [-0.2, -0.15) is 5.10 Å². The molecule has 0 fully saturated rings. The van der Waals surface area contributed by atoms with E-state index in [1.165, 1.54) is 16.7 Å². The lowest BCUT2D eigenvalue weighted by molar-refractivity contribution is 0.414. The zero-order chi connectivity index (χ0) is 22.8. The third-order valence-electron chi connectivity index (χ3n) is 5.62. The smallest absolute Gasteiger partial charge is 0.280 e. The Morgan fingerprint density at radius 2 is 1.91 bits per heavy atom. The highest BCUT2D eigenvalue weighted by Gasteiger charge is 2.19. The van der Waals surface area contributed by atoms with Crippen LogP contribution in [0.3, 0.4) is 0 Å². The minimum absolute atomic E-state index is 0.0660. The number of aromatic nitrogens is 4. The molecule has 166 valence electrons. The molecule has 0 bridgehead atoms. The SMILES string of the molecule is CCn1nc(C)c2nc(SCc3cc(C)ccc3C)n(Cc3cccc(OC)c3)c(=O)c21. The highest BCUT2D eigenvalue weighted by Crippen LogP contribution is 2.26. The van der Waals surface area contributed by atoms with E-state index in [0.29, 0.717) is 29.3 Å². The maximum absolute atomic E-state index is 13.7. The quantitative estimate of drug-likeness (QED) is 0.298. The van der Waals surface area contributed by atoms with Gasteiger partial charge in [0.1, 0.15) is 11.3 Å². The van der Waals surface area contributed by atoms with E-state index in [1.807, 2.05) is 38.1 Å². The summed E-state index contributed by atoms with van der Waals surface area (Å²) >= 11 is 1.59. The van der Waals surface area contributed by atoms with Crippen LogP contribution in [0.5, 0.6) is 5.75 Å². The van der Waals surface area contributed by atoms with Gasteiger partial charge in [0.2, 0.25) is 0 Å². The normalized spacial score (nSPS) is 11.3. The van der Waals surface area contributed by atoms with Gasteiger partial charge in [0.05, 0.1) is 19.3 Å². The van der Waals surface area contributed by atoms with Gasteiger partial charge < -0.3 is 4.74 Å². The predicted molar refractivity (Wildman–Crippen MR) is 130 cm³/mol. The Labute approximate surface area is 192 Å². The molecule has 0 saturated carbocycles. The number of rotatable bonds is 7. The van der Waals surface area contributed by atoms with Crippen LogP contribution in [0.15, 0.2) is 52.4 Å². The summed E-state index contributed by atoms with van der Waals surface area (Å²) in [5.74, 6) is 1.51. The standard InChI is InChI=1S/C25H28N4O2S/c1-6-29-23-22(18(4)27-29)26-25(32-15-20-12-16(2)10-11-17(20)3)28(24(23)30)14-19-8-7-9-21(13-19)31-5/h7-13H,6,14-15H2,1-5H3. The van der Waals surface area contributed by atoms with Gasteiger partial charge in [0.15, 0.2) is 10.7 Å². The van der Waals surface area contributed by atoms with Gasteiger partial charge in [-0.05, 0) is 56.5 Å². The summed E-state index contributed by atoms with van der Waals surface area (Å²) in [6.45, 7) is 9.15. The maximum Gasteiger partial charge on any atom is 0.280 e. The molecule has 0 spiro atoms. The summed E-state index contributed by atoms with van der Waals surface area (Å²) in [4.78, 5) is 18.6. The van der Waals surface area contributed by atoms with E-state index in [4.69, 9.17) is 9.72 Å². The second kappa shape index (κ2) is 9.20. The molecule has 0 aliphatic rings. The first-order valence-corrected chi connectivity index (χ1v) is 11.7. The van der Waals surface area contributed by atoms with Crippen LogP contribution in [0.2, 0.25) is 0 Å². The van der Waals surface area contributed by atoms with Gasteiger partial charge in [-0.15, -0.1) is 0 Å². The molecule has 0 saturated heterocycles. The summed E-state index contributed by atoms with van der Waals surface area (Å²) in [5, 5.41) is 5.24. The van der Waals surface area contributed by atoms with Crippen LogP contribution in [0.1, 0.15) is 34.9 Å². The number of hydrogen-bond donors (Lipinski definition) is 0. The summed E-state index contributed by atoms with van der Waals surface area (Å²) in [5.41, 5.74) is 6.65. The topological polar surface area (TPSA) is 61.9 Å². The molecule has 0 amide bonds. The first kappa shape index (κ1) is 22.1. The highest BCUT2D eigenvalue weighted by molar-refractivity contribution is 7.98. The van der Waals surface area contributed by atoms with E-state index in [9.17, 15) is 4.79 Å². The van der Waals surface area contributed by atoms with Crippen LogP contribution in [0.4, 0.5) is 0 Å². The molecular weight excluding hydrogens is 420 g/mol. The van der Waals surface area contributed by atoms with Crippen LogP contribution in [-0.4, -0.2) is 26.4 Å². The number of benzene rings is 2. The third-order valence-corrected chi connectivity index (χ3v) is 6.64. The van der Waals surface area contributed by atoms with Gasteiger partial charge in [-0.25, -0.2) is 4.98 Å². The Morgan fingerprint density at radius 1 is 1.09 bits per heavy atom. The molecular formula is C25H28N4O2S. The van der Waals surface area contributed by atoms with Gasteiger partial charge in [-0.1, -0.05) is 47.7 Å². The average molecular weight is 449 g/mol.